The van der Waals surface area contributed by atoms with Gasteiger partial charge in [0.05, 0.1) is 25.5 Å². The molecule has 0 amide bonds. The summed E-state index contributed by atoms with van der Waals surface area (Å²) in [6.07, 6.45) is 1.60. The van der Waals surface area contributed by atoms with Crippen molar-refractivity contribution < 1.29 is 21.9 Å². The zero-order valence-electron chi connectivity index (χ0n) is 13.7. The molecule has 0 unspecified atom stereocenters. The molecule has 0 atom stereocenters. The highest BCUT2D eigenvalue weighted by molar-refractivity contribution is 7.89. The molecule has 1 saturated heterocycles. The van der Waals surface area contributed by atoms with Crippen molar-refractivity contribution in [1.82, 2.24) is 14.3 Å². The van der Waals surface area contributed by atoms with E-state index in [0.717, 1.165) is 16.4 Å². The fourth-order valence-electron chi connectivity index (χ4n) is 3.02. The normalized spacial score (nSPS) is 18.2. The molecule has 10 heteroatoms. The molecular weight excluding hydrogens is 366 g/mol. The lowest BCUT2D eigenvalue weighted by Crippen LogP contribution is -2.37. The van der Waals surface area contributed by atoms with E-state index in [0.29, 0.717) is 49.6 Å². The van der Waals surface area contributed by atoms with Crippen molar-refractivity contribution in [2.24, 2.45) is 0 Å². The quantitative estimate of drug-likeness (QED) is 0.797. The molecule has 26 heavy (non-hydrogen) atoms. The molecule has 1 fully saturated rings. The first-order valence-electron chi connectivity index (χ1n) is 8.08. The van der Waals surface area contributed by atoms with Crippen molar-refractivity contribution >= 4 is 16.0 Å². The van der Waals surface area contributed by atoms with Crippen LogP contribution >= 0.6 is 0 Å². The van der Waals surface area contributed by atoms with Crippen molar-refractivity contribution in [3.05, 3.63) is 47.3 Å². The molecule has 2 aliphatic rings. The largest absolute Gasteiger partial charge is 0.378 e. The Morgan fingerprint density at radius 1 is 1.12 bits per heavy atom. The van der Waals surface area contributed by atoms with Gasteiger partial charge in [-0.2, -0.15) is 4.31 Å². The van der Waals surface area contributed by atoms with Crippen LogP contribution in [-0.2, 0) is 27.8 Å². The van der Waals surface area contributed by atoms with Gasteiger partial charge >= 0.3 is 0 Å². The minimum atomic E-state index is -4.10. The van der Waals surface area contributed by atoms with E-state index in [1.54, 1.807) is 6.20 Å². The molecule has 1 aromatic heterocycles. The number of sulfonamides is 1. The second kappa shape index (κ2) is 6.53. The molecule has 7 nitrogen and oxygen atoms in total. The van der Waals surface area contributed by atoms with E-state index in [1.807, 2.05) is 4.90 Å². The molecule has 0 saturated carbocycles. The second-order valence-corrected chi connectivity index (χ2v) is 8.00. The van der Waals surface area contributed by atoms with E-state index in [4.69, 9.17) is 4.74 Å². The zero-order valence-corrected chi connectivity index (χ0v) is 14.5. The van der Waals surface area contributed by atoms with E-state index in [2.05, 4.69) is 9.97 Å². The van der Waals surface area contributed by atoms with Crippen LogP contribution in [0.5, 0.6) is 0 Å². The van der Waals surface area contributed by atoms with Gasteiger partial charge in [-0.05, 0) is 12.1 Å². The standard InChI is InChI=1S/C16H16F2N4O3S/c17-12-1-2-15(13(18)7-12)26(23,24)22-9-11-8-19-16(20-14(11)10-22)21-3-5-25-6-4-21/h1-2,7-8H,3-6,9-10H2. The summed E-state index contributed by atoms with van der Waals surface area (Å²) in [6.45, 7) is 2.59. The minimum Gasteiger partial charge on any atom is -0.378 e. The van der Waals surface area contributed by atoms with Crippen molar-refractivity contribution in [2.45, 2.75) is 18.0 Å². The van der Waals surface area contributed by atoms with Crippen LogP contribution in [0, 0.1) is 11.6 Å². The summed E-state index contributed by atoms with van der Waals surface area (Å²) >= 11 is 0. The maximum absolute atomic E-state index is 13.9. The van der Waals surface area contributed by atoms with E-state index < -0.39 is 26.6 Å². The summed E-state index contributed by atoms with van der Waals surface area (Å²) in [5.41, 5.74) is 1.26. The lowest BCUT2D eigenvalue weighted by molar-refractivity contribution is 0.122. The number of fused-ring (bicyclic) bond motifs is 1. The Kier molecular flexibility index (Phi) is 4.33. The summed E-state index contributed by atoms with van der Waals surface area (Å²) < 4.78 is 58.8. The number of ether oxygens (including phenoxy) is 1. The smallest absolute Gasteiger partial charge is 0.246 e. The molecule has 0 N–H and O–H groups in total. The number of nitrogens with zero attached hydrogens (tertiary/aromatic N) is 4. The first-order valence-corrected chi connectivity index (χ1v) is 9.52. The summed E-state index contributed by atoms with van der Waals surface area (Å²) in [5, 5.41) is 0. The number of hydrogen-bond donors (Lipinski definition) is 0. The molecule has 1 aromatic carbocycles. The van der Waals surface area contributed by atoms with Gasteiger partial charge in [-0.1, -0.05) is 0 Å². The van der Waals surface area contributed by atoms with Crippen LogP contribution in [0.15, 0.2) is 29.3 Å². The number of halogens is 2. The average molecular weight is 382 g/mol. The van der Waals surface area contributed by atoms with Crippen LogP contribution in [0.25, 0.3) is 0 Å². The Hall–Kier alpha value is -2.17. The van der Waals surface area contributed by atoms with Crippen LogP contribution < -0.4 is 4.90 Å². The summed E-state index contributed by atoms with van der Waals surface area (Å²) in [4.78, 5) is 10.2. The average Bonchev–Trinajstić information content (AvgIpc) is 3.06. The van der Waals surface area contributed by atoms with Gasteiger partial charge < -0.3 is 9.64 Å². The van der Waals surface area contributed by atoms with Gasteiger partial charge in [0, 0.05) is 37.5 Å². The monoisotopic (exact) mass is 382 g/mol. The highest BCUT2D eigenvalue weighted by Gasteiger charge is 2.34. The van der Waals surface area contributed by atoms with Gasteiger partial charge in [0.25, 0.3) is 0 Å². The Labute approximate surface area is 149 Å². The lowest BCUT2D eigenvalue weighted by Gasteiger charge is -2.26. The van der Waals surface area contributed by atoms with Gasteiger partial charge in [-0.3, -0.25) is 0 Å². The fourth-order valence-corrected chi connectivity index (χ4v) is 4.45. The fraction of sp³-hybridized carbons (Fsp3) is 0.375. The molecule has 2 aliphatic heterocycles. The predicted octanol–water partition coefficient (Wildman–Crippen LogP) is 1.30. The number of aromatic nitrogens is 2. The van der Waals surface area contributed by atoms with Gasteiger partial charge in [-0.25, -0.2) is 27.2 Å². The molecule has 138 valence electrons. The topological polar surface area (TPSA) is 75.6 Å². The third-order valence-corrected chi connectivity index (χ3v) is 6.24. The Morgan fingerprint density at radius 2 is 1.88 bits per heavy atom. The van der Waals surface area contributed by atoms with Gasteiger partial charge in [0.1, 0.15) is 16.5 Å². The van der Waals surface area contributed by atoms with Gasteiger partial charge in [0.2, 0.25) is 16.0 Å². The first-order chi connectivity index (χ1) is 12.4. The number of benzene rings is 1. The third kappa shape index (κ3) is 3.04. The molecule has 0 spiro atoms. The molecule has 3 heterocycles. The lowest BCUT2D eigenvalue weighted by atomic mass is 10.3. The van der Waals surface area contributed by atoms with Crippen molar-refractivity contribution in [2.75, 3.05) is 31.2 Å². The van der Waals surface area contributed by atoms with Gasteiger partial charge in [-0.15, -0.1) is 0 Å². The minimum absolute atomic E-state index is 0.0222. The van der Waals surface area contributed by atoms with Crippen molar-refractivity contribution in [3.8, 4) is 0 Å². The predicted molar refractivity (Wildman–Crippen MR) is 87.9 cm³/mol. The molecule has 2 aromatic rings. The zero-order chi connectivity index (χ0) is 18.3. The highest BCUT2D eigenvalue weighted by Crippen LogP contribution is 2.29. The van der Waals surface area contributed by atoms with E-state index >= 15 is 0 Å². The molecule has 0 radical (unpaired) electrons. The highest BCUT2D eigenvalue weighted by atomic mass is 32.2. The van der Waals surface area contributed by atoms with Crippen LogP contribution in [0.4, 0.5) is 14.7 Å². The van der Waals surface area contributed by atoms with Crippen molar-refractivity contribution in [3.63, 3.8) is 0 Å². The van der Waals surface area contributed by atoms with Crippen LogP contribution in [0.3, 0.4) is 0 Å². The number of morpholine rings is 1. The van der Waals surface area contributed by atoms with Crippen LogP contribution in [-0.4, -0.2) is 49.0 Å². The van der Waals surface area contributed by atoms with E-state index in [9.17, 15) is 17.2 Å². The van der Waals surface area contributed by atoms with Gasteiger partial charge in [0.15, 0.2) is 0 Å². The first kappa shape index (κ1) is 17.3. The summed E-state index contributed by atoms with van der Waals surface area (Å²) in [5.74, 6) is -1.41. The third-order valence-electron chi connectivity index (χ3n) is 4.42. The van der Waals surface area contributed by atoms with Crippen molar-refractivity contribution in [1.29, 1.82) is 0 Å². The van der Waals surface area contributed by atoms with E-state index in [1.165, 1.54) is 0 Å². The Bertz CT molecular complexity index is 949. The number of hydrogen-bond acceptors (Lipinski definition) is 6. The number of rotatable bonds is 3. The molecule has 0 bridgehead atoms. The van der Waals surface area contributed by atoms with Crippen LogP contribution in [0.1, 0.15) is 11.3 Å². The van der Waals surface area contributed by atoms with Crippen LogP contribution in [0.2, 0.25) is 0 Å². The SMILES string of the molecule is O=S(=O)(c1ccc(F)cc1F)N1Cc2cnc(N3CCOCC3)nc2C1. The summed E-state index contributed by atoms with van der Waals surface area (Å²) in [6, 6.07) is 2.43. The maximum atomic E-state index is 13.9. The Morgan fingerprint density at radius 3 is 2.62 bits per heavy atom. The molecule has 0 aliphatic carbocycles. The molecule has 4 rings (SSSR count). The summed E-state index contributed by atoms with van der Waals surface area (Å²) in [7, 11) is -4.10. The Balaban J connectivity index is 1.59. The number of anilines is 1. The maximum Gasteiger partial charge on any atom is 0.246 e. The van der Waals surface area contributed by atoms with E-state index in [-0.39, 0.29) is 13.1 Å². The second-order valence-electron chi connectivity index (χ2n) is 6.09. The molecular formula is C16H16F2N4O3S.